The Hall–Kier alpha value is -2.71. The van der Waals surface area contributed by atoms with Gasteiger partial charge in [0.2, 0.25) is 0 Å². The molecule has 2 heterocycles. The van der Waals surface area contributed by atoms with E-state index in [1.807, 2.05) is 30.3 Å². The molecule has 0 saturated heterocycles. The monoisotopic (exact) mass is 349 g/mol. The van der Waals surface area contributed by atoms with E-state index in [-0.39, 0.29) is 6.61 Å². The van der Waals surface area contributed by atoms with Crippen molar-refractivity contribution in [2.45, 2.75) is 33.3 Å². The van der Waals surface area contributed by atoms with E-state index in [4.69, 9.17) is 4.74 Å². The van der Waals surface area contributed by atoms with Gasteiger partial charge in [-0.2, -0.15) is 5.26 Å². The smallest absolute Gasteiger partial charge is 0.341 e. The van der Waals surface area contributed by atoms with Crippen LogP contribution in [0.4, 0.5) is 0 Å². The Balaban J connectivity index is 2.02. The molecule has 5 nitrogen and oxygen atoms in total. The van der Waals surface area contributed by atoms with Gasteiger partial charge in [0.25, 0.3) is 0 Å². The quantitative estimate of drug-likeness (QED) is 0.715. The van der Waals surface area contributed by atoms with E-state index in [0.29, 0.717) is 28.8 Å². The molecule has 5 heteroatoms. The lowest BCUT2D eigenvalue weighted by molar-refractivity contribution is 0.0533. The van der Waals surface area contributed by atoms with Gasteiger partial charge < -0.3 is 9.64 Å². The number of hydrogen-bond acceptors (Lipinski definition) is 5. The molecule has 0 aliphatic carbocycles. The van der Waals surface area contributed by atoms with Crippen LogP contribution in [0.25, 0.3) is 11.1 Å². The first-order valence-electron chi connectivity index (χ1n) is 9.10. The van der Waals surface area contributed by atoms with Crippen molar-refractivity contribution in [1.29, 1.82) is 5.26 Å². The van der Waals surface area contributed by atoms with Crippen molar-refractivity contribution in [3.05, 3.63) is 52.8 Å². The molecule has 2 aromatic rings. The van der Waals surface area contributed by atoms with E-state index in [1.54, 1.807) is 0 Å². The molecule has 0 N–H and O–H groups in total. The molecule has 0 saturated carbocycles. The zero-order valence-corrected chi connectivity index (χ0v) is 15.3. The van der Waals surface area contributed by atoms with Gasteiger partial charge in [0.1, 0.15) is 12.7 Å². The van der Waals surface area contributed by atoms with Gasteiger partial charge in [-0.15, -0.1) is 0 Å². The van der Waals surface area contributed by atoms with Crippen LogP contribution in [0.15, 0.2) is 30.3 Å². The highest BCUT2D eigenvalue weighted by molar-refractivity contribution is 6.01. The topological polar surface area (TPSA) is 66.2 Å². The minimum absolute atomic E-state index is 0.183. The van der Waals surface area contributed by atoms with Gasteiger partial charge >= 0.3 is 5.97 Å². The first-order chi connectivity index (χ1) is 12.7. The second-order valence-corrected chi connectivity index (χ2v) is 6.31. The van der Waals surface area contributed by atoms with E-state index in [1.165, 1.54) is 0 Å². The fraction of sp³-hybridized carbons (Fsp3) is 0.381. The standard InChI is InChI=1S/C21H23N3O2/c1-3-24(4-2)12-8-11-17-16(13-22)19(15-9-6-5-7-10-15)20-18(23-17)14-26-21(20)25/h5-7,9-10H,3-4,8,11-12,14H2,1-2H3. The summed E-state index contributed by atoms with van der Waals surface area (Å²) in [6.07, 6.45) is 1.63. The Labute approximate surface area is 154 Å². The Kier molecular flexibility index (Phi) is 5.65. The number of carbonyl (C=O) groups is 1. The van der Waals surface area contributed by atoms with Crippen molar-refractivity contribution >= 4 is 5.97 Å². The molecule has 0 radical (unpaired) electrons. The summed E-state index contributed by atoms with van der Waals surface area (Å²) in [6.45, 7) is 7.46. The SMILES string of the molecule is CCN(CC)CCCc1nc2c(c(-c3ccccc3)c1C#N)C(=O)OC2. The molecular formula is C21H23N3O2. The number of esters is 1. The van der Waals surface area contributed by atoms with Gasteiger partial charge in [-0.3, -0.25) is 4.98 Å². The van der Waals surface area contributed by atoms with E-state index in [9.17, 15) is 10.1 Å². The van der Waals surface area contributed by atoms with Crippen molar-refractivity contribution < 1.29 is 9.53 Å². The number of ether oxygens (including phenoxy) is 1. The highest BCUT2D eigenvalue weighted by Crippen LogP contribution is 2.35. The zero-order chi connectivity index (χ0) is 18.5. The van der Waals surface area contributed by atoms with Crippen LogP contribution in [0, 0.1) is 11.3 Å². The molecule has 0 spiro atoms. The van der Waals surface area contributed by atoms with Crippen LogP contribution in [-0.2, 0) is 17.8 Å². The molecule has 134 valence electrons. The lowest BCUT2D eigenvalue weighted by Crippen LogP contribution is -2.24. The molecular weight excluding hydrogens is 326 g/mol. The highest BCUT2D eigenvalue weighted by atomic mass is 16.5. The van der Waals surface area contributed by atoms with Crippen LogP contribution in [0.3, 0.4) is 0 Å². The number of pyridine rings is 1. The molecule has 0 bridgehead atoms. The summed E-state index contributed by atoms with van der Waals surface area (Å²) in [4.78, 5) is 19.2. The number of fused-ring (bicyclic) bond motifs is 1. The van der Waals surface area contributed by atoms with Crippen molar-refractivity contribution in [1.82, 2.24) is 9.88 Å². The molecule has 0 atom stereocenters. The van der Waals surface area contributed by atoms with Crippen LogP contribution in [0.2, 0.25) is 0 Å². The minimum atomic E-state index is -0.391. The minimum Gasteiger partial charge on any atom is -0.455 e. The Bertz CT molecular complexity index is 837. The first kappa shape index (κ1) is 18.1. The Morgan fingerprint density at radius 3 is 2.58 bits per heavy atom. The maximum Gasteiger partial charge on any atom is 0.341 e. The Morgan fingerprint density at radius 2 is 1.92 bits per heavy atom. The molecule has 0 unspecified atom stereocenters. The van der Waals surface area contributed by atoms with E-state index >= 15 is 0 Å². The van der Waals surface area contributed by atoms with Gasteiger partial charge in [0.05, 0.1) is 22.5 Å². The summed E-state index contributed by atoms with van der Waals surface area (Å²) in [5, 5.41) is 9.83. The summed E-state index contributed by atoms with van der Waals surface area (Å²) in [5.74, 6) is -0.391. The van der Waals surface area contributed by atoms with Gasteiger partial charge in [-0.25, -0.2) is 4.79 Å². The van der Waals surface area contributed by atoms with Crippen molar-refractivity contribution in [2.24, 2.45) is 0 Å². The lowest BCUT2D eigenvalue weighted by atomic mass is 9.92. The van der Waals surface area contributed by atoms with E-state index < -0.39 is 5.97 Å². The maximum absolute atomic E-state index is 12.2. The van der Waals surface area contributed by atoms with Crippen LogP contribution in [0.5, 0.6) is 0 Å². The highest BCUT2D eigenvalue weighted by Gasteiger charge is 2.31. The third-order valence-corrected chi connectivity index (χ3v) is 4.85. The number of carbonyl (C=O) groups excluding carboxylic acids is 1. The molecule has 1 aliphatic rings. The van der Waals surface area contributed by atoms with Crippen LogP contribution in [-0.4, -0.2) is 35.5 Å². The van der Waals surface area contributed by atoms with Gasteiger partial charge in [-0.05, 0) is 38.0 Å². The van der Waals surface area contributed by atoms with Crippen molar-refractivity contribution in [3.63, 3.8) is 0 Å². The zero-order valence-electron chi connectivity index (χ0n) is 15.3. The normalized spacial score (nSPS) is 12.8. The lowest BCUT2D eigenvalue weighted by Gasteiger charge is -2.18. The van der Waals surface area contributed by atoms with Gasteiger partial charge in [-0.1, -0.05) is 44.2 Å². The van der Waals surface area contributed by atoms with Crippen LogP contribution in [0.1, 0.15) is 47.6 Å². The predicted molar refractivity (Wildman–Crippen MR) is 99.6 cm³/mol. The fourth-order valence-corrected chi connectivity index (χ4v) is 3.42. The molecule has 1 aliphatic heterocycles. The number of nitrogens with zero attached hydrogens (tertiary/aromatic N) is 3. The van der Waals surface area contributed by atoms with Gasteiger partial charge in [0.15, 0.2) is 0 Å². The fourth-order valence-electron chi connectivity index (χ4n) is 3.42. The third kappa shape index (κ3) is 3.47. The molecule has 3 rings (SSSR count). The molecule has 0 amide bonds. The second kappa shape index (κ2) is 8.11. The number of benzene rings is 1. The second-order valence-electron chi connectivity index (χ2n) is 6.31. The third-order valence-electron chi connectivity index (χ3n) is 4.85. The number of nitriles is 1. The summed E-state index contributed by atoms with van der Waals surface area (Å²) in [5.41, 5.74) is 3.86. The maximum atomic E-state index is 12.2. The average Bonchev–Trinajstić information content (AvgIpc) is 3.05. The molecule has 1 aromatic heterocycles. The molecule has 1 aromatic carbocycles. The first-order valence-corrected chi connectivity index (χ1v) is 9.10. The predicted octanol–water partition coefficient (Wildman–Crippen LogP) is 3.57. The number of aryl methyl sites for hydroxylation is 1. The van der Waals surface area contributed by atoms with E-state index in [2.05, 4.69) is 29.8 Å². The van der Waals surface area contributed by atoms with Gasteiger partial charge in [0, 0.05) is 5.56 Å². The number of cyclic esters (lactones) is 1. The molecule has 26 heavy (non-hydrogen) atoms. The van der Waals surface area contributed by atoms with E-state index in [0.717, 1.165) is 37.3 Å². The number of hydrogen-bond donors (Lipinski definition) is 0. The van der Waals surface area contributed by atoms with Crippen LogP contribution < -0.4 is 0 Å². The molecule has 0 fully saturated rings. The van der Waals surface area contributed by atoms with Crippen LogP contribution >= 0.6 is 0 Å². The Morgan fingerprint density at radius 1 is 1.19 bits per heavy atom. The summed E-state index contributed by atoms with van der Waals surface area (Å²) in [6, 6.07) is 11.9. The number of aromatic nitrogens is 1. The largest absolute Gasteiger partial charge is 0.455 e. The van der Waals surface area contributed by atoms with Crippen molar-refractivity contribution in [3.8, 4) is 17.2 Å². The average molecular weight is 349 g/mol. The summed E-state index contributed by atoms with van der Waals surface area (Å²) >= 11 is 0. The summed E-state index contributed by atoms with van der Waals surface area (Å²) < 4.78 is 5.20. The number of rotatable bonds is 7. The van der Waals surface area contributed by atoms with Crippen molar-refractivity contribution in [2.75, 3.05) is 19.6 Å². The summed E-state index contributed by atoms with van der Waals surface area (Å²) in [7, 11) is 0.